The molecule has 0 radical (unpaired) electrons. The molecule has 0 bridgehead atoms. The van der Waals surface area contributed by atoms with Crippen LogP contribution in [0.1, 0.15) is 31.9 Å². The summed E-state index contributed by atoms with van der Waals surface area (Å²) in [6.45, 7) is 4.72. The first-order valence-electron chi connectivity index (χ1n) is 8.00. The fraction of sp³-hybridized carbons (Fsp3) is 0.688. The number of nitrogens with one attached hydrogen (secondary N) is 2. The monoisotopic (exact) mass is 419 g/mol. The van der Waals surface area contributed by atoms with Crippen molar-refractivity contribution in [1.82, 2.24) is 10.6 Å². The van der Waals surface area contributed by atoms with E-state index in [-0.39, 0.29) is 24.0 Å². The number of aliphatic imine (C=N–C) groups is 1. The second-order valence-corrected chi connectivity index (χ2v) is 6.04. The van der Waals surface area contributed by atoms with Crippen LogP contribution in [0.5, 0.6) is 0 Å². The van der Waals surface area contributed by atoms with E-state index in [2.05, 4.69) is 22.5 Å². The van der Waals surface area contributed by atoms with Gasteiger partial charge in [-0.3, -0.25) is 4.99 Å². The van der Waals surface area contributed by atoms with Crippen molar-refractivity contribution in [3.05, 3.63) is 24.2 Å². The molecule has 1 saturated carbocycles. The number of nitrogens with zero attached hydrogens (tertiary/aromatic N) is 1. The zero-order valence-corrected chi connectivity index (χ0v) is 15.4. The van der Waals surface area contributed by atoms with E-state index in [1.54, 1.807) is 6.26 Å². The molecule has 2 aliphatic rings. The van der Waals surface area contributed by atoms with E-state index in [1.165, 1.54) is 6.42 Å². The lowest BCUT2D eigenvalue weighted by Gasteiger charge is -2.13. The van der Waals surface area contributed by atoms with Gasteiger partial charge < -0.3 is 19.8 Å². The Hall–Kier alpha value is -0.760. The summed E-state index contributed by atoms with van der Waals surface area (Å²) >= 11 is 0. The molecule has 2 fully saturated rings. The first-order valence-corrected chi connectivity index (χ1v) is 8.00. The van der Waals surface area contributed by atoms with Crippen LogP contribution in [-0.2, 0) is 11.2 Å². The van der Waals surface area contributed by atoms with Crippen LogP contribution in [0.4, 0.5) is 0 Å². The Morgan fingerprint density at radius 3 is 2.95 bits per heavy atom. The Morgan fingerprint density at radius 2 is 2.32 bits per heavy atom. The summed E-state index contributed by atoms with van der Waals surface area (Å²) in [5, 5.41) is 6.89. The number of furan rings is 1. The molecule has 6 heteroatoms. The lowest BCUT2D eigenvalue weighted by Crippen LogP contribution is -2.40. The fourth-order valence-corrected chi connectivity index (χ4v) is 2.59. The maximum atomic E-state index is 5.63. The van der Waals surface area contributed by atoms with Gasteiger partial charge in [-0.1, -0.05) is 6.92 Å². The summed E-state index contributed by atoms with van der Waals surface area (Å²) < 4.78 is 11.0. The van der Waals surface area contributed by atoms with Gasteiger partial charge in [0.2, 0.25) is 0 Å². The van der Waals surface area contributed by atoms with Gasteiger partial charge in [-0.15, -0.1) is 24.0 Å². The van der Waals surface area contributed by atoms with E-state index < -0.39 is 0 Å². The maximum Gasteiger partial charge on any atom is 0.191 e. The zero-order valence-electron chi connectivity index (χ0n) is 13.1. The van der Waals surface area contributed by atoms with Crippen molar-refractivity contribution in [3.63, 3.8) is 0 Å². The van der Waals surface area contributed by atoms with Crippen LogP contribution in [0, 0.1) is 5.92 Å². The van der Waals surface area contributed by atoms with Crippen LogP contribution in [0.2, 0.25) is 0 Å². The Kier molecular flexibility index (Phi) is 7.01. The largest absolute Gasteiger partial charge is 0.469 e. The molecule has 1 aliphatic heterocycles. The molecule has 124 valence electrons. The lowest BCUT2D eigenvalue weighted by molar-refractivity contribution is 0.117. The number of rotatable bonds is 6. The number of hydrogen-bond acceptors (Lipinski definition) is 3. The highest BCUT2D eigenvalue weighted by molar-refractivity contribution is 14.0. The minimum absolute atomic E-state index is 0. The van der Waals surface area contributed by atoms with E-state index >= 15 is 0 Å². The predicted octanol–water partition coefficient (Wildman–Crippen LogP) is 2.56. The van der Waals surface area contributed by atoms with Crippen LogP contribution < -0.4 is 10.6 Å². The molecule has 0 spiro atoms. The molecule has 1 aromatic rings. The summed E-state index contributed by atoms with van der Waals surface area (Å²) in [6.07, 6.45) is 6.40. The van der Waals surface area contributed by atoms with Gasteiger partial charge in [0.1, 0.15) is 5.76 Å². The quantitative estimate of drug-likeness (QED) is 0.423. The van der Waals surface area contributed by atoms with Crippen LogP contribution in [-0.4, -0.2) is 37.8 Å². The normalized spacial score (nSPS) is 27.3. The van der Waals surface area contributed by atoms with Gasteiger partial charge in [0.25, 0.3) is 0 Å². The molecule has 3 atom stereocenters. The second-order valence-electron chi connectivity index (χ2n) is 6.04. The van der Waals surface area contributed by atoms with Crippen molar-refractivity contribution in [2.75, 3.05) is 19.7 Å². The third-order valence-electron chi connectivity index (χ3n) is 4.15. The summed E-state index contributed by atoms with van der Waals surface area (Å²) in [7, 11) is 0. The molecule has 0 aromatic carbocycles. The highest BCUT2D eigenvalue weighted by Crippen LogP contribution is 2.28. The fourth-order valence-electron chi connectivity index (χ4n) is 2.59. The summed E-state index contributed by atoms with van der Waals surface area (Å²) in [5.41, 5.74) is 0. The lowest BCUT2D eigenvalue weighted by atomic mass is 10.2. The van der Waals surface area contributed by atoms with Gasteiger partial charge in [-0.2, -0.15) is 0 Å². The molecule has 2 N–H and O–H groups in total. The van der Waals surface area contributed by atoms with E-state index in [9.17, 15) is 0 Å². The van der Waals surface area contributed by atoms with E-state index in [0.717, 1.165) is 56.6 Å². The molecule has 3 unspecified atom stereocenters. The number of ether oxygens (including phenoxy) is 1. The van der Waals surface area contributed by atoms with Crippen molar-refractivity contribution in [2.45, 2.75) is 44.8 Å². The molecule has 5 nitrogen and oxygen atoms in total. The number of guanidine groups is 1. The van der Waals surface area contributed by atoms with Crippen molar-refractivity contribution in [2.24, 2.45) is 10.9 Å². The third kappa shape index (κ3) is 5.46. The van der Waals surface area contributed by atoms with Gasteiger partial charge >= 0.3 is 0 Å². The predicted molar refractivity (Wildman–Crippen MR) is 97.8 cm³/mol. The Morgan fingerprint density at radius 1 is 1.45 bits per heavy atom. The first kappa shape index (κ1) is 17.6. The summed E-state index contributed by atoms with van der Waals surface area (Å²) in [5.74, 6) is 2.66. The third-order valence-corrected chi connectivity index (χ3v) is 4.15. The van der Waals surface area contributed by atoms with Crippen LogP contribution in [0.25, 0.3) is 0 Å². The van der Waals surface area contributed by atoms with Crippen LogP contribution in [0.3, 0.4) is 0 Å². The first-order chi connectivity index (χ1) is 10.3. The van der Waals surface area contributed by atoms with Gasteiger partial charge in [-0.25, -0.2) is 0 Å². The van der Waals surface area contributed by atoms with Gasteiger partial charge in [0.05, 0.1) is 18.9 Å². The summed E-state index contributed by atoms with van der Waals surface area (Å²) in [4.78, 5) is 4.68. The molecule has 3 rings (SSSR count). The van der Waals surface area contributed by atoms with Crippen molar-refractivity contribution in [3.8, 4) is 0 Å². The molecule has 1 saturated heterocycles. The van der Waals surface area contributed by atoms with Gasteiger partial charge in [0.15, 0.2) is 5.96 Å². The SMILES string of the molecule is CC1CC1NC(=NCC1CCCO1)NCCc1ccco1.I. The van der Waals surface area contributed by atoms with E-state index in [0.29, 0.717) is 12.1 Å². The minimum Gasteiger partial charge on any atom is -0.469 e. The molecular weight excluding hydrogens is 393 g/mol. The molecule has 2 heterocycles. The van der Waals surface area contributed by atoms with Crippen LogP contribution >= 0.6 is 24.0 Å². The summed E-state index contributed by atoms with van der Waals surface area (Å²) in [6, 6.07) is 4.50. The smallest absolute Gasteiger partial charge is 0.191 e. The zero-order chi connectivity index (χ0) is 14.5. The maximum absolute atomic E-state index is 5.63. The molecular formula is C16H26IN3O2. The molecule has 1 aliphatic carbocycles. The van der Waals surface area contributed by atoms with Crippen molar-refractivity contribution < 1.29 is 9.15 Å². The van der Waals surface area contributed by atoms with Crippen molar-refractivity contribution in [1.29, 1.82) is 0 Å². The highest BCUT2D eigenvalue weighted by Gasteiger charge is 2.33. The second kappa shape index (κ2) is 8.76. The van der Waals surface area contributed by atoms with Gasteiger partial charge in [0, 0.05) is 25.6 Å². The Balaban J connectivity index is 0.00000176. The topological polar surface area (TPSA) is 58.8 Å². The number of halogens is 1. The van der Waals surface area contributed by atoms with E-state index in [4.69, 9.17) is 9.15 Å². The molecule has 0 amide bonds. The average Bonchev–Trinajstić information content (AvgIpc) is 2.97. The minimum atomic E-state index is 0. The number of hydrogen-bond donors (Lipinski definition) is 2. The van der Waals surface area contributed by atoms with Gasteiger partial charge in [-0.05, 0) is 37.3 Å². The van der Waals surface area contributed by atoms with E-state index in [1.807, 2.05) is 12.1 Å². The standard InChI is InChI=1S/C16H25N3O2.HI/c1-12-10-15(12)19-16(18-11-14-5-3-9-21-14)17-7-6-13-4-2-8-20-13;/h2,4,8,12,14-15H,3,5-7,9-11H2,1H3,(H2,17,18,19);1H. The Labute approximate surface area is 149 Å². The van der Waals surface area contributed by atoms with Crippen LogP contribution in [0.15, 0.2) is 27.8 Å². The Bertz CT molecular complexity index is 458. The molecule has 22 heavy (non-hydrogen) atoms. The van der Waals surface area contributed by atoms with Crippen molar-refractivity contribution >= 4 is 29.9 Å². The molecule has 1 aromatic heterocycles. The highest BCUT2D eigenvalue weighted by atomic mass is 127. The average molecular weight is 419 g/mol.